The van der Waals surface area contributed by atoms with Gasteiger partial charge in [-0.05, 0) is 22.6 Å². The molecule has 1 aromatic carbocycles. The van der Waals surface area contributed by atoms with Crippen LogP contribution in [-0.2, 0) is 11.3 Å². The van der Waals surface area contributed by atoms with E-state index in [0.717, 1.165) is 10.9 Å². The molecule has 1 fully saturated rings. The summed E-state index contributed by atoms with van der Waals surface area (Å²) in [6.07, 6.45) is 3.24. The van der Waals surface area contributed by atoms with E-state index in [1.165, 1.54) is 11.0 Å². The van der Waals surface area contributed by atoms with Gasteiger partial charge < -0.3 is 14.8 Å². The van der Waals surface area contributed by atoms with Gasteiger partial charge in [-0.25, -0.2) is 4.68 Å². The highest BCUT2D eigenvalue weighted by Crippen LogP contribution is 2.19. The molecule has 0 radical (unpaired) electrons. The molecule has 128 valence electrons. The standard InChI is InChI=1S/C16H17N7O2/c24-14(10-23-11-18-19-20-23)21-6-8-22(9-7-21)16(25)13-3-1-2-12-4-5-17-15(12)13/h1-5,11,17H,6-10H2. The fourth-order valence-electron chi connectivity index (χ4n) is 3.08. The number of carbonyl (C=O) groups excluding carboxylic acids is 2. The number of carbonyl (C=O) groups is 2. The first kappa shape index (κ1) is 15.3. The van der Waals surface area contributed by atoms with Gasteiger partial charge in [-0.1, -0.05) is 12.1 Å². The van der Waals surface area contributed by atoms with Crippen molar-refractivity contribution in [3.63, 3.8) is 0 Å². The summed E-state index contributed by atoms with van der Waals surface area (Å²) in [6.45, 7) is 2.15. The smallest absolute Gasteiger partial charge is 0.256 e. The topological polar surface area (TPSA) is 100 Å². The lowest BCUT2D eigenvalue weighted by atomic mass is 10.1. The number of fused-ring (bicyclic) bond motifs is 1. The van der Waals surface area contributed by atoms with E-state index >= 15 is 0 Å². The van der Waals surface area contributed by atoms with Gasteiger partial charge in [-0.2, -0.15) is 0 Å². The second kappa shape index (κ2) is 6.34. The maximum Gasteiger partial charge on any atom is 0.256 e. The van der Waals surface area contributed by atoms with Crippen LogP contribution in [0.5, 0.6) is 0 Å². The van der Waals surface area contributed by atoms with E-state index in [1.54, 1.807) is 9.80 Å². The van der Waals surface area contributed by atoms with Crippen LogP contribution < -0.4 is 0 Å². The molecule has 25 heavy (non-hydrogen) atoms. The van der Waals surface area contributed by atoms with Crippen molar-refractivity contribution in [1.29, 1.82) is 0 Å². The minimum atomic E-state index is -0.0501. The predicted molar refractivity (Wildman–Crippen MR) is 88.6 cm³/mol. The lowest BCUT2D eigenvalue weighted by molar-refractivity contribution is -0.133. The Labute approximate surface area is 143 Å². The minimum absolute atomic E-state index is 0.0133. The Morgan fingerprint density at radius 3 is 2.64 bits per heavy atom. The van der Waals surface area contributed by atoms with E-state index in [1.807, 2.05) is 30.5 Å². The normalized spacial score (nSPS) is 14.9. The van der Waals surface area contributed by atoms with Crippen LogP contribution in [0.3, 0.4) is 0 Å². The van der Waals surface area contributed by atoms with Crippen LogP contribution in [-0.4, -0.2) is 73.0 Å². The van der Waals surface area contributed by atoms with Crippen LogP contribution in [0.25, 0.3) is 10.9 Å². The minimum Gasteiger partial charge on any atom is -0.361 e. The molecule has 2 amide bonds. The van der Waals surface area contributed by atoms with E-state index in [4.69, 9.17) is 0 Å². The maximum atomic E-state index is 12.8. The van der Waals surface area contributed by atoms with Crippen molar-refractivity contribution < 1.29 is 9.59 Å². The van der Waals surface area contributed by atoms with Crippen molar-refractivity contribution >= 4 is 22.7 Å². The molecule has 3 heterocycles. The van der Waals surface area contributed by atoms with Crippen molar-refractivity contribution in [3.05, 3.63) is 42.4 Å². The summed E-state index contributed by atoms with van der Waals surface area (Å²) in [4.78, 5) is 31.7. The first-order chi connectivity index (χ1) is 12.2. The number of piperazine rings is 1. The van der Waals surface area contributed by atoms with Crippen LogP contribution >= 0.6 is 0 Å². The quantitative estimate of drug-likeness (QED) is 0.731. The number of H-pyrrole nitrogens is 1. The Morgan fingerprint density at radius 2 is 1.88 bits per heavy atom. The van der Waals surface area contributed by atoms with E-state index < -0.39 is 0 Å². The van der Waals surface area contributed by atoms with Crippen LogP contribution in [0.4, 0.5) is 0 Å². The SMILES string of the molecule is O=C(Cn1cnnn1)N1CCN(C(=O)c2cccc3cc[nH]c23)CC1. The molecule has 1 aliphatic heterocycles. The number of benzene rings is 1. The number of amides is 2. The first-order valence-corrected chi connectivity index (χ1v) is 8.06. The van der Waals surface area contributed by atoms with Crippen molar-refractivity contribution in [1.82, 2.24) is 35.0 Å². The number of aromatic amines is 1. The molecule has 0 unspecified atom stereocenters. The molecule has 1 N–H and O–H groups in total. The zero-order chi connectivity index (χ0) is 17.2. The molecule has 0 saturated carbocycles. The van der Waals surface area contributed by atoms with Gasteiger partial charge in [0.15, 0.2) is 0 Å². The predicted octanol–water partition coefficient (Wildman–Crippen LogP) is 0.139. The molecule has 1 saturated heterocycles. The molecule has 9 heteroatoms. The number of tetrazole rings is 1. The molecule has 0 spiro atoms. The highest BCUT2D eigenvalue weighted by molar-refractivity contribution is 6.05. The third kappa shape index (κ3) is 2.95. The molecule has 0 aliphatic carbocycles. The Kier molecular flexibility index (Phi) is 3.88. The van der Waals surface area contributed by atoms with Crippen molar-refractivity contribution in [2.45, 2.75) is 6.54 Å². The zero-order valence-electron chi connectivity index (χ0n) is 13.5. The molecule has 1 aliphatic rings. The first-order valence-electron chi connectivity index (χ1n) is 8.06. The van der Waals surface area contributed by atoms with Crippen molar-refractivity contribution in [2.75, 3.05) is 26.2 Å². The summed E-state index contributed by atoms with van der Waals surface area (Å²) in [5, 5.41) is 11.7. The number of para-hydroxylation sites is 1. The highest BCUT2D eigenvalue weighted by Gasteiger charge is 2.26. The molecule has 4 rings (SSSR count). The Hall–Kier alpha value is -3.23. The summed E-state index contributed by atoms with van der Waals surface area (Å²) >= 11 is 0. The summed E-state index contributed by atoms with van der Waals surface area (Å²) in [5.74, 6) is -0.0634. The molecule has 0 atom stereocenters. The van der Waals surface area contributed by atoms with Gasteiger partial charge in [0.25, 0.3) is 5.91 Å². The molecule has 2 aromatic heterocycles. The average molecular weight is 339 g/mol. The Balaban J connectivity index is 1.40. The summed E-state index contributed by atoms with van der Waals surface area (Å²) in [6, 6.07) is 7.63. The summed E-state index contributed by atoms with van der Waals surface area (Å²) in [7, 11) is 0. The van der Waals surface area contributed by atoms with Crippen molar-refractivity contribution in [3.8, 4) is 0 Å². The molecule has 9 nitrogen and oxygen atoms in total. The Bertz CT molecular complexity index is 894. The number of nitrogens with one attached hydrogen (secondary N) is 1. The second-order valence-corrected chi connectivity index (χ2v) is 5.93. The van der Waals surface area contributed by atoms with Gasteiger partial charge >= 0.3 is 0 Å². The Morgan fingerprint density at radius 1 is 1.08 bits per heavy atom. The van der Waals surface area contributed by atoms with Gasteiger partial charge in [0, 0.05) is 37.8 Å². The summed E-state index contributed by atoms with van der Waals surface area (Å²) < 4.78 is 1.39. The van der Waals surface area contributed by atoms with Gasteiger partial charge in [-0.15, -0.1) is 5.10 Å². The molecular formula is C16H17N7O2. The molecular weight excluding hydrogens is 322 g/mol. The maximum absolute atomic E-state index is 12.8. The van der Waals surface area contributed by atoms with Crippen LogP contribution in [0.1, 0.15) is 10.4 Å². The monoisotopic (exact) mass is 339 g/mol. The highest BCUT2D eigenvalue weighted by atomic mass is 16.2. The van der Waals surface area contributed by atoms with Gasteiger partial charge in [0.05, 0.1) is 11.1 Å². The van der Waals surface area contributed by atoms with E-state index in [9.17, 15) is 9.59 Å². The zero-order valence-corrected chi connectivity index (χ0v) is 13.5. The number of aromatic nitrogens is 5. The number of nitrogens with zero attached hydrogens (tertiary/aromatic N) is 6. The second-order valence-electron chi connectivity index (χ2n) is 5.93. The lowest BCUT2D eigenvalue weighted by Crippen LogP contribution is -2.51. The van der Waals surface area contributed by atoms with E-state index in [0.29, 0.717) is 31.7 Å². The third-order valence-electron chi connectivity index (χ3n) is 4.43. The average Bonchev–Trinajstić information content (AvgIpc) is 3.32. The fourth-order valence-corrected chi connectivity index (χ4v) is 3.08. The van der Waals surface area contributed by atoms with E-state index in [-0.39, 0.29) is 18.4 Å². The number of hydrogen-bond donors (Lipinski definition) is 1. The number of hydrogen-bond acceptors (Lipinski definition) is 5. The van der Waals surface area contributed by atoms with Crippen LogP contribution in [0, 0.1) is 0 Å². The van der Waals surface area contributed by atoms with Crippen LogP contribution in [0.2, 0.25) is 0 Å². The summed E-state index contributed by atoms with van der Waals surface area (Å²) in [5.41, 5.74) is 1.51. The lowest BCUT2D eigenvalue weighted by Gasteiger charge is -2.34. The van der Waals surface area contributed by atoms with Gasteiger partial charge in [0.2, 0.25) is 5.91 Å². The van der Waals surface area contributed by atoms with Crippen LogP contribution in [0.15, 0.2) is 36.8 Å². The number of rotatable bonds is 3. The largest absolute Gasteiger partial charge is 0.361 e. The van der Waals surface area contributed by atoms with Gasteiger partial charge in [0.1, 0.15) is 12.9 Å². The van der Waals surface area contributed by atoms with E-state index in [2.05, 4.69) is 20.5 Å². The fraction of sp³-hybridized carbons (Fsp3) is 0.312. The molecule has 3 aromatic rings. The molecule has 0 bridgehead atoms. The third-order valence-corrected chi connectivity index (χ3v) is 4.43. The van der Waals surface area contributed by atoms with Gasteiger partial charge in [-0.3, -0.25) is 9.59 Å². The van der Waals surface area contributed by atoms with Crippen molar-refractivity contribution in [2.24, 2.45) is 0 Å².